The molecular formula is C28H20N2O4. The van der Waals surface area contributed by atoms with Gasteiger partial charge in [-0.1, -0.05) is 66.7 Å². The van der Waals surface area contributed by atoms with E-state index in [-0.39, 0.29) is 11.3 Å². The lowest BCUT2D eigenvalue weighted by molar-refractivity contribution is -0.384. The first-order valence-corrected chi connectivity index (χ1v) is 10.5. The molecule has 0 heterocycles. The summed E-state index contributed by atoms with van der Waals surface area (Å²) in [7, 11) is 0. The summed E-state index contributed by atoms with van der Waals surface area (Å²) in [6, 6.07) is 28.7. The van der Waals surface area contributed by atoms with E-state index in [9.17, 15) is 19.7 Å². The normalized spacial score (nSPS) is 11.1. The number of non-ortho nitro benzene ring substituents is 1. The average molecular weight is 448 g/mol. The summed E-state index contributed by atoms with van der Waals surface area (Å²) >= 11 is 0. The van der Waals surface area contributed by atoms with Crippen LogP contribution in [0.1, 0.15) is 26.3 Å². The highest BCUT2D eigenvalue weighted by Gasteiger charge is 2.22. The average Bonchev–Trinajstić information content (AvgIpc) is 2.88. The second-order valence-electron chi connectivity index (χ2n) is 7.63. The highest BCUT2D eigenvalue weighted by atomic mass is 16.6. The molecule has 166 valence electrons. The van der Waals surface area contributed by atoms with Gasteiger partial charge in [0.15, 0.2) is 11.6 Å². The fourth-order valence-electron chi connectivity index (χ4n) is 3.52. The molecule has 4 rings (SSSR count). The van der Waals surface area contributed by atoms with Gasteiger partial charge in [-0.05, 0) is 47.0 Å². The van der Waals surface area contributed by atoms with Crippen molar-refractivity contribution in [1.29, 1.82) is 0 Å². The third-order valence-electron chi connectivity index (χ3n) is 5.31. The number of hydrogen-bond acceptors (Lipinski definition) is 5. The summed E-state index contributed by atoms with van der Waals surface area (Å²) in [6.45, 7) is 0. The molecule has 0 unspecified atom stereocenters. The molecule has 4 aromatic rings. The van der Waals surface area contributed by atoms with E-state index in [1.165, 1.54) is 24.3 Å². The Morgan fingerprint density at radius 3 is 1.85 bits per heavy atom. The molecule has 0 aliphatic rings. The molecule has 34 heavy (non-hydrogen) atoms. The zero-order chi connectivity index (χ0) is 24.1. The first-order valence-electron chi connectivity index (χ1n) is 10.5. The van der Waals surface area contributed by atoms with Crippen LogP contribution in [0.15, 0.2) is 109 Å². The number of hydrogen-bond donors (Lipinski definition) is 1. The van der Waals surface area contributed by atoms with Gasteiger partial charge in [0.25, 0.3) is 5.69 Å². The number of nitrogens with zero attached hydrogens (tertiary/aromatic N) is 1. The third-order valence-corrected chi connectivity index (χ3v) is 5.31. The van der Waals surface area contributed by atoms with Gasteiger partial charge in [0.05, 0.1) is 10.5 Å². The van der Waals surface area contributed by atoms with Gasteiger partial charge in [0.2, 0.25) is 0 Å². The second-order valence-corrected chi connectivity index (χ2v) is 7.63. The number of allylic oxidation sites excluding steroid dienone is 1. The van der Waals surface area contributed by atoms with Crippen molar-refractivity contribution in [3.05, 3.63) is 136 Å². The van der Waals surface area contributed by atoms with Gasteiger partial charge in [-0.25, -0.2) is 0 Å². The molecule has 0 amide bonds. The van der Waals surface area contributed by atoms with Crippen molar-refractivity contribution < 1.29 is 14.5 Å². The van der Waals surface area contributed by atoms with Crippen molar-refractivity contribution >= 4 is 29.0 Å². The number of carbonyl (C=O) groups is 2. The predicted octanol–water partition coefficient (Wildman–Crippen LogP) is 5.99. The molecule has 0 atom stereocenters. The summed E-state index contributed by atoms with van der Waals surface area (Å²) in [4.78, 5) is 37.4. The molecule has 0 aliphatic heterocycles. The summed E-state index contributed by atoms with van der Waals surface area (Å²) in [5.74, 6) is -0.975. The van der Waals surface area contributed by atoms with Crippen LogP contribution < -0.4 is 5.73 Å². The highest BCUT2D eigenvalue weighted by molar-refractivity contribution is 6.33. The van der Waals surface area contributed by atoms with Crippen LogP contribution >= 0.6 is 0 Å². The van der Waals surface area contributed by atoms with Crippen molar-refractivity contribution in [2.75, 3.05) is 5.73 Å². The number of ketones is 2. The van der Waals surface area contributed by atoms with E-state index in [1.807, 2.05) is 42.5 Å². The van der Waals surface area contributed by atoms with E-state index in [0.29, 0.717) is 22.4 Å². The maximum absolute atomic E-state index is 13.4. The minimum atomic E-state index is -0.525. The summed E-state index contributed by atoms with van der Waals surface area (Å²) in [6.07, 6.45) is 1.39. The zero-order valence-corrected chi connectivity index (χ0v) is 18.0. The second kappa shape index (κ2) is 9.75. The van der Waals surface area contributed by atoms with Crippen molar-refractivity contribution in [2.45, 2.75) is 0 Å². The Balaban J connectivity index is 1.75. The van der Waals surface area contributed by atoms with E-state index < -0.39 is 16.5 Å². The number of Topliss-reactive ketones (excluding diaryl/α,β-unsaturated/α-hetero) is 2. The third kappa shape index (κ3) is 4.97. The molecule has 0 radical (unpaired) electrons. The Bertz CT molecular complexity index is 1390. The summed E-state index contributed by atoms with van der Waals surface area (Å²) < 4.78 is 0. The molecule has 2 N–H and O–H groups in total. The maximum Gasteiger partial charge on any atom is 0.270 e. The van der Waals surface area contributed by atoms with E-state index in [2.05, 4.69) is 0 Å². The lowest BCUT2D eigenvalue weighted by Gasteiger charge is -2.09. The fourth-order valence-corrected chi connectivity index (χ4v) is 3.52. The van der Waals surface area contributed by atoms with Gasteiger partial charge in [-0.2, -0.15) is 0 Å². The molecule has 6 heteroatoms. The summed E-state index contributed by atoms with van der Waals surface area (Å²) in [5, 5.41) is 11.2. The SMILES string of the molecule is Nc1ccc(C(=O)/C(=C\c2cccc([N+](=O)[O-])c2)C(=O)c2ccc(-c3ccccc3)cc2)cc1. The molecule has 0 spiro atoms. The van der Waals surface area contributed by atoms with Crippen LogP contribution in [0.4, 0.5) is 11.4 Å². The maximum atomic E-state index is 13.4. The number of nitro groups is 1. The predicted molar refractivity (Wildman–Crippen MR) is 132 cm³/mol. The van der Waals surface area contributed by atoms with Gasteiger partial charge in [0.1, 0.15) is 0 Å². The lowest BCUT2D eigenvalue weighted by atomic mass is 9.93. The minimum Gasteiger partial charge on any atom is -0.399 e. The molecule has 4 aromatic carbocycles. The Hall–Kier alpha value is -4.84. The first kappa shape index (κ1) is 22.4. The van der Waals surface area contributed by atoms with E-state index in [4.69, 9.17) is 5.73 Å². The molecule has 0 bridgehead atoms. The number of nitrogen functional groups attached to an aromatic ring is 1. The van der Waals surface area contributed by atoms with Gasteiger partial charge >= 0.3 is 0 Å². The van der Waals surface area contributed by atoms with Crippen molar-refractivity contribution in [1.82, 2.24) is 0 Å². The Morgan fingerprint density at radius 1 is 0.706 bits per heavy atom. The highest BCUT2D eigenvalue weighted by Crippen LogP contribution is 2.24. The minimum absolute atomic E-state index is 0.0993. The van der Waals surface area contributed by atoms with Crippen LogP contribution in [0.25, 0.3) is 17.2 Å². The van der Waals surface area contributed by atoms with Crippen LogP contribution in [0.2, 0.25) is 0 Å². The number of benzene rings is 4. The van der Waals surface area contributed by atoms with Gasteiger partial charge in [-0.3, -0.25) is 19.7 Å². The van der Waals surface area contributed by atoms with Crippen molar-refractivity contribution in [3.63, 3.8) is 0 Å². The fraction of sp³-hybridized carbons (Fsp3) is 0. The number of anilines is 1. The molecule has 6 nitrogen and oxygen atoms in total. The zero-order valence-electron chi connectivity index (χ0n) is 18.0. The number of nitrogens with two attached hydrogens (primary N) is 1. The van der Waals surface area contributed by atoms with Gasteiger partial charge in [0, 0.05) is 28.9 Å². The largest absolute Gasteiger partial charge is 0.399 e. The molecule has 0 aliphatic carbocycles. The van der Waals surface area contributed by atoms with Crippen LogP contribution in [0.3, 0.4) is 0 Å². The number of rotatable bonds is 7. The molecule has 0 aromatic heterocycles. The molecule has 0 fully saturated rings. The van der Waals surface area contributed by atoms with Crippen LogP contribution in [-0.4, -0.2) is 16.5 Å². The van der Waals surface area contributed by atoms with Gasteiger partial charge in [-0.15, -0.1) is 0 Å². The van der Waals surface area contributed by atoms with Crippen molar-refractivity contribution in [2.24, 2.45) is 0 Å². The van der Waals surface area contributed by atoms with Crippen LogP contribution in [-0.2, 0) is 0 Å². The number of nitro benzene ring substituents is 1. The first-order chi connectivity index (χ1) is 16.4. The quantitative estimate of drug-likeness (QED) is 0.0711. The molecule has 0 saturated heterocycles. The van der Waals surface area contributed by atoms with E-state index in [1.54, 1.807) is 42.5 Å². The van der Waals surface area contributed by atoms with E-state index >= 15 is 0 Å². The standard InChI is InChI=1S/C28H20N2O4/c29-24-15-13-23(14-16-24)28(32)26(18-19-5-4-8-25(17-19)30(33)34)27(31)22-11-9-21(10-12-22)20-6-2-1-3-7-20/h1-18H,29H2/b26-18-. The molecular weight excluding hydrogens is 428 g/mol. The van der Waals surface area contributed by atoms with E-state index in [0.717, 1.165) is 11.1 Å². The lowest BCUT2D eigenvalue weighted by Crippen LogP contribution is -2.14. The van der Waals surface area contributed by atoms with Crippen LogP contribution in [0, 0.1) is 10.1 Å². The van der Waals surface area contributed by atoms with Crippen molar-refractivity contribution in [3.8, 4) is 11.1 Å². The topological polar surface area (TPSA) is 103 Å². The monoisotopic (exact) mass is 448 g/mol. The smallest absolute Gasteiger partial charge is 0.270 e. The summed E-state index contributed by atoms with van der Waals surface area (Å²) in [5.41, 5.74) is 8.93. The molecule has 0 saturated carbocycles. The Kier molecular flexibility index (Phi) is 6.41. The Labute approximate surface area is 196 Å². The van der Waals surface area contributed by atoms with Gasteiger partial charge < -0.3 is 5.73 Å². The van der Waals surface area contributed by atoms with Crippen LogP contribution in [0.5, 0.6) is 0 Å². The Morgan fingerprint density at radius 2 is 1.26 bits per heavy atom. The number of carbonyl (C=O) groups excluding carboxylic acids is 2.